The number of benzene rings is 2. The lowest BCUT2D eigenvalue weighted by molar-refractivity contribution is -0.143. The number of halogens is 7. The standard InChI is InChI=1S/C29H31F6IN2O3/c1-17(20-12-21(28(30,31)32)14-22(13-20)29(33,34)35)41-25-16-38-24(27(25)19-2-4-23(36)5-3-19)10-18(11-26(38)39)15-37-6-8-40-9-7-37/h2-5,12-14,17-18,24-25,27H,6-11,15-16H2,1H3/t17-,18?,24+,25+,27?/m1/s1. The van der Waals surface area contributed by atoms with E-state index in [-0.39, 0.29) is 42.0 Å². The predicted octanol–water partition coefficient (Wildman–Crippen LogP) is 6.51. The molecule has 5 nitrogen and oxygen atoms in total. The highest BCUT2D eigenvalue weighted by atomic mass is 127. The van der Waals surface area contributed by atoms with Gasteiger partial charge in [0.1, 0.15) is 0 Å². The Hall–Kier alpha value is -1.90. The molecule has 3 aliphatic rings. The molecule has 0 saturated carbocycles. The second-order valence-corrected chi connectivity index (χ2v) is 12.3. The molecule has 2 unspecified atom stereocenters. The summed E-state index contributed by atoms with van der Waals surface area (Å²) < 4.78 is 93.8. The van der Waals surface area contributed by atoms with Gasteiger partial charge in [-0.3, -0.25) is 9.69 Å². The summed E-state index contributed by atoms with van der Waals surface area (Å²) in [5.74, 6) is -0.159. The van der Waals surface area contributed by atoms with Gasteiger partial charge in [-0.2, -0.15) is 26.3 Å². The van der Waals surface area contributed by atoms with E-state index in [4.69, 9.17) is 9.47 Å². The van der Waals surface area contributed by atoms with E-state index in [1.807, 2.05) is 24.3 Å². The molecule has 3 saturated heterocycles. The van der Waals surface area contributed by atoms with Crippen LogP contribution in [-0.4, -0.2) is 67.2 Å². The summed E-state index contributed by atoms with van der Waals surface area (Å²) in [5, 5.41) is 0. The van der Waals surface area contributed by atoms with Crippen LogP contribution in [0.25, 0.3) is 0 Å². The topological polar surface area (TPSA) is 42.0 Å². The third-order valence-electron chi connectivity index (χ3n) is 8.28. The van der Waals surface area contributed by atoms with Gasteiger partial charge >= 0.3 is 12.4 Å². The quantitative estimate of drug-likeness (QED) is 0.255. The molecule has 0 aromatic heterocycles. The van der Waals surface area contributed by atoms with E-state index in [1.54, 1.807) is 4.90 Å². The van der Waals surface area contributed by atoms with Crippen LogP contribution in [0.1, 0.15) is 54.0 Å². The lowest BCUT2D eigenvalue weighted by atomic mass is 9.81. The van der Waals surface area contributed by atoms with Crippen molar-refractivity contribution in [3.63, 3.8) is 0 Å². The molecule has 1 amide bonds. The summed E-state index contributed by atoms with van der Waals surface area (Å²) in [6.07, 6.45) is -10.5. The molecule has 0 aliphatic carbocycles. The van der Waals surface area contributed by atoms with E-state index >= 15 is 0 Å². The Bertz CT molecular complexity index is 1200. The van der Waals surface area contributed by atoms with Crippen LogP contribution in [0.4, 0.5) is 26.3 Å². The molecule has 0 N–H and O–H groups in total. The lowest BCUT2D eigenvalue weighted by Gasteiger charge is -2.39. The minimum Gasteiger partial charge on any atom is -0.379 e. The van der Waals surface area contributed by atoms with Crippen molar-refractivity contribution in [3.05, 3.63) is 68.3 Å². The molecule has 3 fully saturated rings. The zero-order valence-electron chi connectivity index (χ0n) is 22.3. The summed E-state index contributed by atoms with van der Waals surface area (Å²) in [5.41, 5.74) is -2.04. The number of rotatable bonds is 6. The number of alkyl halides is 6. The molecule has 224 valence electrons. The van der Waals surface area contributed by atoms with Crippen molar-refractivity contribution in [3.8, 4) is 0 Å². The highest BCUT2D eigenvalue weighted by Crippen LogP contribution is 2.45. The maximum atomic E-state index is 13.5. The number of fused-ring (bicyclic) bond motifs is 1. The average molecular weight is 696 g/mol. The van der Waals surface area contributed by atoms with Gasteiger partial charge in [0.05, 0.1) is 36.5 Å². The van der Waals surface area contributed by atoms with E-state index in [0.717, 1.165) is 35.2 Å². The maximum absolute atomic E-state index is 13.5. The van der Waals surface area contributed by atoms with Crippen molar-refractivity contribution in [2.45, 2.75) is 56.3 Å². The second-order valence-electron chi connectivity index (χ2n) is 11.1. The number of piperidine rings is 1. The van der Waals surface area contributed by atoms with Gasteiger partial charge in [-0.25, -0.2) is 0 Å². The summed E-state index contributed by atoms with van der Waals surface area (Å²) in [4.78, 5) is 17.4. The molecule has 41 heavy (non-hydrogen) atoms. The smallest absolute Gasteiger partial charge is 0.379 e. The monoisotopic (exact) mass is 696 g/mol. The Morgan fingerprint density at radius 1 is 1.00 bits per heavy atom. The summed E-state index contributed by atoms with van der Waals surface area (Å²) in [6, 6.07) is 9.16. The number of nitrogens with zero attached hydrogens (tertiary/aromatic N) is 2. The normalized spacial score (nSPS) is 26.7. The minimum atomic E-state index is -4.95. The van der Waals surface area contributed by atoms with Crippen molar-refractivity contribution in [2.75, 3.05) is 39.4 Å². The number of amides is 1. The highest BCUT2D eigenvalue weighted by molar-refractivity contribution is 14.1. The van der Waals surface area contributed by atoms with Gasteiger partial charge in [0.25, 0.3) is 0 Å². The SMILES string of the molecule is C[C@@H](O[C@H]1CN2C(=O)CC(CN3CCOCC3)C[C@H]2C1c1ccc(I)cc1)c1cc(C(F)(F)F)cc(C(F)(F)F)c1. The fourth-order valence-electron chi connectivity index (χ4n) is 6.33. The third-order valence-corrected chi connectivity index (χ3v) is 9.00. The predicted molar refractivity (Wildman–Crippen MR) is 147 cm³/mol. The van der Waals surface area contributed by atoms with Gasteiger partial charge in [0.2, 0.25) is 5.91 Å². The molecule has 0 spiro atoms. The Kier molecular flexibility index (Phi) is 8.94. The van der Waals surface area contributed by atoms with E-state index in [1.165, 1.54) is 6.92 Å². The highest BCUT2D eigenvalue weighted by Gasteiger charge is 2.49. The van der Waals surface area contributed by atoms with Crippen molar-refractivity contribution < 1.29 is 40.6 Å². The van der Waals surface area contributed by atoms with Gasteiger partial charge in [-0.15, -0.1) is 0 Å². The molecular formula is C29H31F6IN2O3. The summed E-state index contributed by atoms with van der Waals surface area (Å²) in [6.45, 7) is 5.37. The van der Waals surface area contributed by atoms with Gasteiger partial charge in [0.15, 0.2) is 0 Å². The van der Waals surface area contributed by atoms with Crippen LogP contribution >= 0.6 is 22.6 Å². The van der Waals surface area contributed by atoms with E-state index in [9.17, 15) is 31.1 Å². The Morgan fingerprint density at radius 2 is 1.61 bits per heavy atom. The first-order chi connectivity index (χ1) is 19.3. The fourth-order valence-corrected chi connectivity index (χ4v) is 6.69. The molecule has 3 heterocycles. The van der Waals surface area contributed by atoms with Crippen molar-refractivity contribution >= 4 is 28.5 Å². The van der Waals surface area contributed by atoms with Crippen molar-refractivity contribution in [1.29, 1.82) is 0 Å². The Labute approximate surface area is 248 Å². The van der Waals surface area contributed by atoms with Crippen LogP contribution in [0, 0.1) is 9.49 Å². The zero-order valence-corrected chi connectivity index (χ0v) is 24.5. The summed E-state index contributed by atoms with van der Waals surface area (Å²) in [7, 11) is 0. The number of hydrogen-bond acceptors (Lipinski definition) is 4. The van der Waals surface area contributed by atoms with Crippen LogP contribution in [0.5, 0.6) is 0 Å². The molecule has 0 bridgehead atoms. The van der Waals surface area contributed by atoms with Crippen LogP contribution in [0.15, 0.2) is 42.5 Å². The molecule has 3 aliphatic heterocycles. The molecule has 5 atom stereocenters. The van der Waals surface area contributed by atoms with Crippen LogP contribution in [0.3, 0.4) is 0 Å². The molecule has 5 rings (SSSR count). The largest absolute Gasteiger partial charge is 0.416 e. The van der Waals surface area contributed by atoms with Gasteiger partial charge in [-0.1, -0.05) is 12.1 Å². The van der Waals surface area contributed by atoms with Crippen molar-refractivity contribution in [2.24, 2.45) is 5.92 Å². The average Bonchev–Trinajstić information content (AvgIpc) is 3.26. The molecule has 2 aromatic rings. The van der Waals surface area contributed by atoms with Crippen molar-refractivity contribution in [1.82, 2.24) is 9.80 Å². The Morgan fingerprint density at radius 3 is 2.20 bits per heavy atom. The number of morpholine rings is 1. The minimum absolute atomic E-state index is 0.00722. The molecule has 0 radical (unpaired) electrons. The van der Waals surface area contributed by atoms with E-state index in [0.29, 0.717) is 31.8 Å². The number of carbonyl (C=O) groups excluding carboxylic acids is 1. The number of carbonyl (C=O) groups is 1. The number of hydrogen-bond donors (Lipinski definition) is 0. The molecular weight excluding hydrogens is 665 g/mol. The molecule has 2 aromatic carbocycles. The Balaban J connectivity index is 1.43. The fraction of sp³-hybridized carbons (Fsp3) is 0.552. The van der Waals surface area contributed by atoms with Crippen LogP contribution in [-0.2, 0) is 26.6 Å². The van der Waals surface area contributed by atoms with Gasteiger partial charge in [0, 0.05) is 48.1 Å². The van der Waals surface area contributed by atoms with Gasteiger partial charge in [-0.05, 0) is 83.3 Å². The first-order valence-corrected chi connectivity index (χ1v) is 14.7. The third kappa shape index (κ3) is 7.02. The van der Waals surface area contributed by atoms with E-state index < -0.39 is 35.7 Å². The lowest BCUT2D eigenvalue weighted by Crippen LogP contribution is -2.48. The first kappa shape index (κ1) is 30.6. The maximum Gasteiger partial charge on any atom is 0.416 e. The van der Waals surface area contributed by atoms with E-state index in [2.05, 4.69) is 27.5 Å². The van der Waals surface area contributed by atoms with Gasteiger partial charge < -0.3 is 14.4 Å². The summed E-state index contributed by atoms with van der Waals surface area (Å²) >= 11 is 2.19. The van der Waals surface area contributed by atoms with Crippen LogP contribution < -0.4 is 0 Å². The number of ether oxygens (including phenoxy) is 2. The molecule has 12 heteroatoms. The first-order valence-electron chi connectivity index (χ1n) is 13.6. The zero-order chi connectivity index (χ0) is 29.5. The second kappa shape index (κ2) is 12.0. The van der Waals surface area contributed by atoms with Crippen LogP contribution in [0.2, 0.25) is 0 Å².